The molecule has 31 heavy (non-hydrogen) atoms. The highest BCUT2D eigenvalue weighted by Crippen LogP contribution is 2.38. The number of benzene rings is 1. The maximum atomic E-state index is 13.3. The minimum atomic E-state index is -4.42. The van der Waals surface area contributed by atoms with E-state index in [1.165, 1.54) is 18.9 Å². The van der Waals surface area contributed by atoms with Gasteiger partial charge in [-0.15, -0.1) is 0 Å². The molecule has 2 aromatic rings. The van der Waals surface area contributed by atoms with Crippen LogP contribution in [-0.4, -0.2) is 53.6 Å². The molecule has 0 amide bonds. The Morgan fingerprint density at radius 1 is 1.00 bits per heavy atom. The first-order chi connectivity index (χ1) is 14.8. The summed E-state index contributed by atoms with van der Waals surface area (Å²) in [5.41, 5.74) is 0.826. The van der Waals surface area contributed by atoms with E-state index >= 15 is 0 Å². The molecule has 0 N–H and O–H groups in total. The quantitative estimate of drug-likeness (QED) is 0.718. The highest BCUT2D eigenvalue weighted by atomic mass is 19.4. The Morgan fingerprint density at radius 3 is 2.52 bits per heavy atom. The lowest BCUT2D eigenvalue weighted by atomic mass is 9.81. The fraction of sp³-hybridized carbons (Fsp3) is 0.542. The standard InChI is InChI=1S/C24H28F3N3O/c1-28-9-7-20(8-10-28)29-13-16-11-18(15-29)22-6-5-21(23(31)30(22)14-16)17-3-2-4-19(12-17)24(25,26)27/h2-6,12,16,18,20H,7-11,13-15H2,1H3. The molecule has 2 unspecified atom stereocenters. The van der Waals surface area contributed by atoms with Crippen LogP contribution in [0.2, 0.25) is 0 Å². The predicted octanol–water partition coefficient (Wildman–Crippen LogP) is 4.05. The summed E-state index contributed by atoms with van der Waals surface area (Å²) in [6.07, 6.45) is -0.950. The minimum Gasteiger partial charge on any atom is -0.311 e. The molecule has 4 heterocycles. The largest absolute Gasteiger partial charge is 0.416 e. The molecule has 3 aliphatic heterocycles. The van der Waals surface area contributed by atoms with E-state index in [1.54, 1.807) is 12.1 Å². The third-order valence-corrected chi connectivity index (χ3v) is 7.34. The molecule has 2 saturated heterocycles. The average molecular weight is 432 g/mol. The maximum absolute atomic E-state index is 13.3. The Balaban J connectivity index is 1.43. The Labute approximate surface area is 180 Å². The topological polar surface area (TPSA) is 28.5 Å². The van der Waals surface area contributed by atoms with Gasteiger partial charge in [-0.3, -0.25) is 9.69 Å². The number of fused-ring (bicyclic) bond motifs is 4. The van der Waals surface area contributed by atoms with Crippen LogP contribution in [0, 0.1) is 5.92 Å². The van der Waals surface area contributed by atoms with Gasteiger partial charge < -0.3 is 9.47 Å². The molecule has 3 aliphatic rings. The first-order valence-electron chi connectivity index (χ1n) is 11.1. The Hall–Kier alpha value is -2.12. The highest BCUT2D eigenvalue weighted by Gasteiger charge is 2.38. The van der Waals surface area contributed by atoms with Crippen LogP contribution in [0.5, 0.6) is 0 Å². The van der Waals surface area contributed by atoms with Crippen LogP contribution >= 0.6 is 0 Å². The molecule has 1 aromatic carbocycles. The summed E-state index contributed by atoms with van der Waals surface area (Å²) in [5, 5.41) is 0. The van der Waals surface area contributed by atoms with Crippen LogP contribution in [0.25, 0.3) is 11.1 Å². The van der Waals surface area contributed by atoms with Gasteiger partial charge in [0.05, 0.1) is 5.56 Å². The lowest BCUT2D eigenvalue weighted by molar-refractivity contribution is -0.137. The van der Waals surface area contributed by atoms with Crippen molar-refractivity contribution < 1.29 is 13.2 Å². The van der Waals surface area contributed by atoms with Gasteiger partial charge in [0.25, 0.3) is 5.56 Å². The molecular weight excluding hydrogens is 403 g/mol. The van der Waals surface area contributed by atoms with E-state index in [1.807, 2.05) is 10.6 Å². The van der Waals surface area contributed by atoms with Crippen molar-refractivity contribution in [2.45, 2.75) is 43.9 Å². The fourth-order valence-electron chi connectivity index (χ4n) is 5.72. The number of piperidine rings is 2. The van der Waals surface area contributed by atoms with Crippen LogP contribution in [-0.2, 0) is 12.7 Å². The number of hydrogen-bond acceptors (Lipinski definition) is 3. The zero-order chi connectivity index (χ0) is 21.8. The number of rotatable bonds is 2. The zero-order valence-electron chi connectivity index (χ0n) is 17.7. The monoisotopic (exact) mass is 431 g/mol. The second kappa shape index (κ2) is 7.78. The molecule has 2 bridgehead atoms. The van der Waals surface area contributed by atoms with E-state index in [-0.39, 0.29) is 5.56 Å². The predicted molar refractivity (Wildman–Crippen MR) is 114 cm³/mol. The summed E-state index contributed by atoms with van der Waals surface area (Å²) in [4.78, 5) is 18.3. The van der Waals surface area contributed by atoms with Gasteiger partial charge in [-0.05, 0) is 75.1 Å². The number of halogens is 3. The van der Waals surface area contributed by atoms with Crippen molar-refractivity contribution in [1.29, 1.82) is 0 Å². The summed E-state index contributed by atoms with van der Waals surface area (Å²) >= 11 is 0. The number of likely N-dealkylation sites (tertiary alicyclic amines) is 2. The van der Waals surface area contributed by atoms with E-state index in [0.29, 0.717) is 35.5 Å². The Morgan fingerprint density at radius 2 is 1.77 bits per heavy atom. The lowest BCUT2D eigenvalue weighted by Crippen LogP contribution is -2.53. The van der Waals surface area contributed by atoms with Crippen LogP contribution in [0.3, 0.4) is 0 Å². The van der Waals surface area contributed by atoms with E-state index in [2.05, 4.69) is 16.8 Å². The van der Waals surface area contributed by atoms with Crippen molar-refractivity contribution in [3.05, 3.63) is 58.0 Å². The van der Waals surface area contributed by atoms with E-state index in [0.717, 1.165) is 50.4 Å². The van der Waals surface area contributed by atoms with Crippen molar-refractivity contribution in [3.63, 3.8) is 0 Å². The fourth-order valence-corrected chi connectivity index (χ4v) is 5.72. The number of aromatic nitrogens is 1. The lowest BCUT2D eigenvalue weighted by Gasteiger charge is -2.47. The SMILES string of the molecule is CN1CCC(N2CC3CC(C2)c2ccc(-c4cccc(C(F)(F)F)c4)c(=O)n2C3)CC1. The summed E-state index contributed by atoms with van der Waals surface area (Å²) in [7, 11) is 2.17. The van der Waals surface area contributed by atoms with Crippen molar-refractivity contribution in [3.8, 4) is 11.1 Å². The van der Waals surface area contributed by atoms with Crippen LogP contribution in [0.4, 0.5) is 13.2 Å². The highest BCUT2D eigenvalue weighted by molar-refractivity contribution is 5.63. The van der Waals surface area contributed by atoms with E-state index < -0.39 is 11.7 Å². The van der Waals surface area contributed by atoms with Crippen LogP contribution in [0.1, 0.15) is 36.4 Å². The molecule has 4 nitrogen and oxygen atoms in total. The van der Waals surface area contributed by atoms with Crippen LogP contribution < -0.4 is 5.56 Å². The third kappa shape index (κ3) is 3.94. The average Bonchev–Trinajstić information content (AvgIpc) is 2.74. The molecule has 7 heteroatoms. The molecule has 2 fully saturated rings. The summed E-state index contributed by atoms with van der Waals surface area (Å²) < 4.78 is 41.2. The zero-order valence-corrected chi connectivity index (χ0v) is 17.7. The van der Waals surface area contributed by atoms with Crippen molar-refractivity contribution in [2.75, 3.05) is 33.2 Å². The second-order valence-corrected chi connectivity index (χ2v) is 9.45. The molecule has 0 saturated carbocycles. The molecular formula is C24H28F3N3O. The molecule has 5 rings (SSSR count). The maximum Gasteiger partial charge on any atom is 0.416 e. The summed E-state index contributed by atoms with van der Waals surface area (Å²) in [6, 6.07) is 9.38. The minimum absolute atomic E-state index is 0.167. The molecule has 2 atom stereocenters. The van der Waals surface area contributed by atoms with Gasteiger partial charge in [0.2, 0.25) is 0 Å². The number of hydrogen-bond donors (Lipinski definition) is 0. The van der Waals surface area contributed by atoms with Crippen LogP contribution in [0.15, 0.2) is 41.2 Å². The Kier molecular flexibility index (Phi) is 5.21. The van der Waals surface area contributed by atoms with Crippen molar-refractivity contribution in [2.24, 2.45) is 5.92 Å². The smallest absolute Gasteiger partial charge is 0.311 e. The van der Waals surface area contributed by atoms with Gasteiger partial charge in [-0.25, -0.2) is 0 Å². The molecule has 0 aliphatic carbocycles. The molecule has 0 radical (unpaired) electrons. The second-order valence-electron chi connectivity index (χ2n) is 9.45. The number of pyridine rings is 1. The summed E-state index contributed by atoms with van der Waals surface area (Å²) in [5.74, 6) is 0.732. The van der Waals surface area contributed by atoms with Crippen molar-refractivity contribution >= 4 is 0 Å². The van der Waals surface area contributed by atoms with Gasteiger partial charge >= 0.3 is 6.18 Å². The van der Waals surface area contributed by atoms with Gasteiger partial charge in [0, 0.05) is 42.9 Å². The van der Waals surface area contributed by atoms with Crippen molar-refractivity contribution in [1.82, 2.24) is 14.4 Å². The molecule has 1 aromatic heterocycles. The van der Waals surface area contributed by atoms with Gasteiger partial charge in [-0.1, -0.05) is 12.1 Å². The van der Waals surface area contributed by atoms with E-state index in [4.69, 9.17) is 0 Å². The van der Waals surface area contributed by atoms with E-state index in [9.17, 15) is 18.0 Å². The molecule has 166 valence electrons. The first kappa shape index (κ1) is 20.8. The van der Waals surface area contributed by atoms with Gasteiger partial charge in [0.1, 0.15) is 0 Å². The summed E-state index contributed by atoms with van der Waals surface area (Å²) in [6.45, 7) is 4.89. The first-order valence-corrected chi connectivity index (χ1v) is 11.1. The molecule has 0 spiro atoms. The normalized spacial score (nSPS) is 25.4. The van der Waals surface area contributed by atoms with Gasteiger partial charge in [0.15, 0.2) is 0 Å². The Bertz CT molecular complexity index is 1020. The number of nitrogens with zero attached hydrogens (tertiary/aromatic N) is 3. The van der Waals surface area contributed by atoms with Gasteiger partial charge in [-0.2, -0.15) is 13.2 Å². The number of alkyl halides is 3. The third-order valence-electron chi connectivity index (χ3n) is 7.34.